The minimum atomic E-state index is -0.428. The Morgan fingerprint density at radius 2 is 1.72 bits per heavy atom. The van der Waals surface area contributed by atoms with Gasteiger partial charge in [-0.15, -0.1) is 0 Å². The van der Waals surface area contributed by atoms with Crippen LogP contribution < -0.4 is 10.2 Å². The standard InChI is InChI=1S/C29H25ClN4O2/c1-17-6-8-20(9-7-17)26-25(28-32-27(33-36-28)21-10-13-23(30)14-11-21)18(2)34(29(35)31-26)24-15-12-19-4-3-5-22(19)16-24/h6-16,26H,3-5H2,1-2H3,(H,31,35). The lowest BCUT2D eigenvalue weighted by atomic mass is 9.93. The third kappa shape index (κ3) is 3.97. The van der Waals surface area contributed by atoms with Gasteiger partial charge in [0.05, 0.1) is 17.3 Å². The summed E-state index contributed by atoms with van der Waals surface area (Å²) in [6.45, 7) is 3.98. The summed E-state index contributed by atoms with van der Waals surface area (Å²) in [6.07, 6.45) is 3.28. The zero-order valence-electron chi connectivity index (χ0n) is 20.1. The topological polar surface area (TPSA) is 71.3 Å². The molecule has 0 radical (unpaired) electrons. The molecule has 1 aliphatic carbocycles. The first-order valence-corrected chi connectivity index (χ1v) is 12.5. The number of benzene rings is 3. The second-order valence-electron chi connectivity index (χ2n) is 9.36. The molecule has 0 fully saturated rings. The number of aryl methyl sites for hydroxylation is 3. The number of hydrogen-bond donors (Lipinski definition) is 1. The molecule has 1 atom stereocenters. The maximum Gasteiger partial charge on any atom is 0.326 e. The summed E-state index contributed by atoms with van der Waals surface area (Å²) < 4.78 is 5.80. The smallest absolute Gasteiger partial charge is 0.326 e. The van der Waals surface area contributed by atoms with Crippen LogP contribution in [-0.2, 0) is 12.8 Å². The Labute approximate surface area is 214 Å². The van der Waals surface area contributed by atoms with Crippen LogP contribution in [0.2, 0.25) is 5.02 Å². The monoisotopic (exact) mass is 496 g/mol. The Morgan fingerprint density at radius 3 is 2.50 bits per heavy atom. The number of fused-ring (bicyclic) bond motifs is 1. The van der Waals surface area contributed by atoms with Gasteiger partial charge in [0, 0.05) is 16.3 Å². The van der Waals surface area contributed by atoms with Crippen molar-refractivity contribution in [2.24, 2.45) is 0 Å². The van der Waals surface area contributed by atoms with E-state index in [9.17, 15) is 4.79 Å². The van der Waals surface area contributed by atoms with E-state index in [0.29, 0.717) is 16.7 Å². The third-order valence-corrected chi connectivity index (χ3v) is 7.25. The van der Waals surface area contributed by atoms with Crippen LogP contribution in [0.25, 0.3) is 17.0 Å². The van der Waals surface area contributed by atoms with Gasteiger partial charge in [0.2, 0.25) is 5.82 Å². The quantitative estimate of drug-likeness (QED) is 0.334. The molecule has 0 bridgehead atoms. The molecule has 3 aromatic carbocycles. The lowest BCUT2D eigenvalue weighted by Crippen LogP contribution is -2.46. The lowest BCUT2D eigenvalue weighted by molar-refractivity contribution is 0.244. The first-order valence-electron chi connectivity index (χ1n) is 12.1. The molecule has 0 spiro atoms. The molecule has 7 heteroatoms. The van der Waals surface area contributed by atoms with Crippen LogP contribution in [0.5, 0.6) is 0 Å². The fourth-order valence-electron chi connectivity index (χ4n) is 5.09. The maximum atomic E-state index is 13.5. The number of nitrogens with zero attached hydrogens (tertiary/aromatic N) is 3. The highest BCUT2D eigenvalue weighted by molar-refractivity contribution is 6.30. The average molecular weight is 497 g/mol. The number of halogens is 1. The maximum absolute atomic E-state index is 13.5. The summed E-state index contributed by atoms with van der Waals surface area (Å²) >= 11 is 6.05. The van der Waals surface area contributed by atoms with E-state index in [0.717, 1.165) is 52.9 Å². The first-order chi connectivity index (χ1) is 17.5. The summed E-state index contributed by atoms with van der Waals surface area (Å²) in [5.74, 6) is 0.833. The number of amides is 2. The van der Waals surface area contributed by atoms with Gasteiger partial charge in [-0.05, 0) is 86.2 Å². The van der Waals surface area contributed by atoms with E-state index in [-0.39, 0.29) is 6.03 Å². The molecule has 6 rings (SSSR count). The van der Waals surface area contributed by atoms with Gasteiger partial charge in [0.15, 0.2) is 0 Å². The third-order valence-electron chi connectivity index (χ3n) is 6.99. The highest BCUT2D eigenvalue weighted by Gasteiger charge is 2.36. The van der Waals surface area contributed by atoms with Crippen LogP contribution in [0.3, 0.4) is 0 Å². The van der Waals surface area contributed by atoms with E-state index in [4.69, 9.17) is 21.1 Å². The summed E-state index contributed by atoms with van der Waals surface area (Å²) in [4.78, 5) is 19.9. The Balaban J connectivity index is 1.48. The van der Waals surface area contributed by atoms with Crippen LogP contribution >= 0.6 is 11.6 Å². The summed E-state index contributed by atoms with van der Waals surface area (Å²) in [7, 11) is 0. The molecule has 2 amide bonds. The minimum Gasteiger partial charge on any atom is -0.334 e. The number of anilines is 1. The van der Waals surface area contributed by atoms with Crippen molar-refractivity contribution in [1.29, 1.82) is 0 Å². The van der Waals surface area contributed by atoms with E-state index in [1.165, 1.54) is 11.1 Å². The summed E-state index contributed by atoms with van der Waals surface area (Å²) in [5.41, 5.74) is 7.92. The molecule has 1 aliphatic heterocycles. The van der Waals surface area contributed by atoms with Crippen LogP contribution in [0.15, 0.2) is 77.0 Å². The predicted molar refractivity (Wildman–Crippen MR) is 141 cm³/mol. The van der Waals surface area contributed by atoms with Crippen LogP contribution in [0.1, 0.15) is 47.5 Å². The molecule has 36 heavy (non-hydrogen) atoms. The van der Waals surface area contributed by atoms with Gasteiger partial charge in [0.25, 0.3) is 5.89 Å². The first kappa shape index (κ1) is 22.6. The van der Waals surface area contributed by atoms with Crippen LogP contribution in [0, 0.1) is 6.92 Å². The molecule has 1 aromatic heterocycles. The van der Waals surface area contributed by atoms with Crippen molar-refractivity contribution in [1.82, 2.24) is 15.5 Å². The normalized spacial score (nSPS) is 17.4. The zero-order valence-corrected chi connectivity index (χ0v) is 20.8. The van der Waals surface area contributed by atoms with Crippen molar-refractivity contribution >= 4 is 28.9 Å². The van der Waals surface area contributed by atoms with Gasteiger partial charge < -0.3 is 9.84 Å². The van der Waals surface area contributed by atoms with Gasteiger partial charge >= 0.3 is 6.03 Å². The number of allylic oxidation sites excluding steroid dienone is 1. The molecule has 0 saturated heterocycles. The number of carbonyl (C=O) groups is 1. The molecule has 2 heterocycles. The molecule has 4 aromatic rings. The van der Waals surface area contributed by atoms with Gasteiger partial charge in [-0.1, -0.05) is 52.7 Å². The lowest BCUT2D eigenvalue weighted by Gasteiger charge is -2.35. The number of rotatable bonds is 4. The SMILES string of the molecule is CC1=C(c2nc(-c3ccc(Cl)cc3)no2)C(c2ccc(C)cc2)NC(=O)N1c1ccc2c(c1)CCC2. The largest absolute Gasteiger partial charge is 0.334 e. The predicted octanol–water partition coefficient (Wildman–Crippen LogP) is 6.89. The second kappa shape index (κ2) is 8.95. The fourth-order valence-corrected chi connectivity index (χ4v) is 5.21. The van der Waals surface area contributed by atoms with Crippen molar-refractivity contribution in [3.63, 3.8) is 0 Å². The number of hydrogen-bond acceptors (Lipinski definition) is 4. The van der Waals surface area contributed by atoms with Gasteiger partial charge in [0.1, 0.15) is 0 Å². The zero-order chi connectivity index (χ0) is 24.8. The Hall–Kier alpha value is -3.90. The van der Waals surface area contributed by atoms with Crippen LogP contribution in [-0.4, -0.2) is 16.2 Å². The van der Waals surface area contributed by atoms with E-state index < -0.39 is 6.04 Å². The number of urea groups is 1. The minimum absolute atomic E-state index is 0.183. The highest BCUT2D eigenvalue weighted by atomic mass is 35.5. The van der Waals surface area contributed by atoms with Gasteiger partial charge in [-0.2, -0.15) is 4.98 Å². The molecule has 1 unspecified atom stereocenters. The second-order valence-corrected chi connectivity index (χ2v) is 9.80. The number of nitrogens with one attached hydrogen (secondary N) is 1. The van der Waals surface area contributed by atoms with E-state index in [1.807, 2.05) is 56.3 Å². The van der Waals surface area contributed by atoms with Crippen LogP contribution in [0.4, 0.5) is 10.5 Å². The van der Waals surface area contributed by atoms with Crippen molar-refractivity contribution in [2.45, 2.75) is 39.2 Å². The highest BCUT2D eigenvalue weighted by Crippen LogP contribution is 2.40. The Morgan fingerprint density at radius 1 is 0.972 bits per heavy atom. The fraction of sp³-hybridized carbons (Fsp3) is 0.207. The van der Waals surface area contributed by atoms with E-state index >= 15 is 0 Å². The van der Waals surface area contributed by atoms with Crippen molar-refractivity contribution in [3.05, 3.63) is 106 Å². The molecule has 180 valence electrons. The van der Waals surface area contributed by atoms with E-state index in [1.54, 1.807) is 17.0 Å². The Bertz CT molecular complexity index is 1490. The van der Waals surface area contributed by atoms with Gasteiger partial charge in [-0.25, -0.2) is 4.79 Å². The Kier molecular flexibility index (Phi) is 5.61. The number of aromatic nitrogens is 2. The van der Waals surface area contributed by atoms with Crippen molar-refractivity contribution in [3.8, 4) is 11.4 Å². The van der Waals surface area contributed by atoms with E-state index in [2.05, 4.69) is 22.6 Å². The molecular weight excluding hydrogens is 472 g/mol. The van der Waals surface area contributed by atoms with Crippen molar-refractivity contribution < 1.29 is 9.32 Å². The summed E-state index contributed by atoms with van der Waals surface area (Å²) in [5, 5.41) is 8.06. The molecule has 6 nitrogen and oxygen atoms in total. The van der Waals surface area contributed by atoms with Crippen molar-refractivity contribution in [2.75, 3.05) is 4.90 Å². The molecule has 1 N–H and O–H groups in total. The molecule has 0 saturated carbocycles. The average Bonchev–Trinajstić information content (AvgIpc) is 3.54. The molecule has 2 aliphatic rings. The molecular formula is C29H25ClN4O2. The summed E-state index contributed by atoms with van der Waals surface area (Å²) in [6, 6.07) is 21.1. The number of carbonyl (C=O) groups excluding carboxylic acids is 1. The van der Waals surface area contributed by atoms with Gasteiger partial charge in [-0.3, -0.25) is 4.90 Å².